The van der Waals surface area contributed by atoms with Gasteiger partial charge in [-0.2, -0.15) is 0 Å². The van der Waals surface area contributed by atoms with Gasteiger partial charge in [0.15, 0.2) is 0 Å². The van der Waals surface area contributed by atoms with Crippen molar-refractivity contribution in [2.24, 2.45) is 0 Å². The minimum Gasteiger partial charge on any atom is -0.392 e. The van der Waals surface area contributed by atoms with Gasteiger partial charge in [-0.15, -0.1) is 0 Å². The van der Waals surface area contributed by atoms with Crippen LogP contribution in [0.2, 0.25) is 10.0 Å². The molecule has 0 saturated carbocycles. The van der Waals surface area contributed by atoms with Crippen LogP contribution in [-0.4, -0.2) is 73.8 Å². The number of halogens is 2. The minimum absolute atomic E-state index is 0.0697. The summed E-state index contributed by atoms with van der Waals surface area (Å²) >= 11 is 12.1. The zero-order chi connectivity index (χ0) is 26.2. The molecule has 194 valence electrons. The molecule has 1 heterocycles. The SMILES string of the molecule is C=C(/C=C\C=C(/C)NS(=O)(=O)CC(C)O)[C@@H](CN1CCCC1)N(C)C(=O)Cc1ccc(Cl)c(Cl)c1. The van der Waals surface area contributed by atoms with Crippen LogP contribution < -0.4 is 4.72 Å². The number of likely N-dealkylation sites (N-methyl/N-ethyl adjacent to an activating group) is 1. The molecule has 0 spiro atoms. The van der Waals surface area contributed by atoms with E-state index in [1.807, 2.05) is 0 Å². The first-order valence-corrected chi connectivity index (χ1v) is 13.9. The molecule has 0 radical (unpaired) electrons. The average molecular weight is 545 g/mol. The number of hydrogen-bond acceptors (Lipinski definition) is 5. The average Bonchev–Trinajstić information content (AvgIpc) is 3.26. The Hall–Kier alpha value is -1.84. The Morgan fingerprint density at radius 1 is 1.29 bits per heavy atom. The van der Waals surface area contributed by atoms with Gasteiger partial charge in [0.1, 0.15) is 0 Å². The quantitative estimate of drug-likeness (QED) is 0.391. The van der Waals surface area contributed by atoms with Crippen LogP contribution in [0.5, 0.6) is 0 Å². The fourth-order valence-corrected chi connectivity index (χ4v) is 5.48. The first-order chi connectivity index (χ1) is 16.4. The molecule has 2 atom stereocenters. The van der Waals surface area contributed by atoms with Crippen molar-refractivity contribution in [2.45, 2.75) is 45.3 Å². The number of benzene rings is 1. The Kier molecular flexibility index (Phi) is 11.3. The highest BCUT2D eigenvalue weighted by molar-refractivity contribution is 7.89. The van der Waals surface area contributed by atoms with E-state index in [9.17, 15) is 18.3 Å². The van der Waals surface area contributed by atoms with Gasteiger partial charge in [0.2, 0.25) is 15.9 Å². The summed E-state index contributed by atoms with van der Waals surface area (Å²) in [5, 5.41) is 10.2. The fraction of sp³-hybridized carbons (Fsp3) is 0.480. The lowest BCUT2D eigenvalue weighted by atomic mass is 10.0. The predicted octanol–water partition coefficient (Wildman–Crippen LogP) is 3.78. The second-order valence-electron chi connectivity index (χ2n) is 8.97. The van der Waals surface area contributed by atoms with E-state index < -0.39 is 16.1 Å². The topological polar surface area (TPSA) is 89.9 Å². The summed E-state index contributed by atoms with van der Waals surface area (Å²) in [6, 6.07) is 4.92. The molecule has 1 aromatic rings. The van der Waals surface area contributed by atoms with Crippen LogP contribution in [0.25, 0.3) is 0 Å². The van der Waals surface area contributed by atoms with Gasteiger partial charge in [0, 0.05) is 19.3 Å². The standard InChI is InChI=1S/C25H35Cl2N3O4S/c1-18(8-7-9-19(2)28-35(33,34)17-20(3)31)24(16-30-12-5-6-13-30)29(4)25(32)15-21-10-11-22(26)23(27)14-21/h7-11,14,20,24,28,31H,1,5-6,12-13,15-17H2,2-4H3/b8-7-,19-9+/t20?,24-/m1/s1. The van der Waals surface area contributed by atoms with Gasteiger partial charge < -0.3 is 14.9 Å². The summed E-state index contributed by atoms with van der Waals surface area (Å²) in [6.07, 6.45) is 6.60. The van der Waals surface area contributed by atoms with Crippen LogP contribution in [0, 0.1) is 0 Å². The third-order valence-corrected chi connectivity index (χ3v) is 7.98. The summed E-state index contributed by atoms with van der Waals surface area (Å²) in [7, 11) is -1.86. The third-order valence-electron chi connectivity index (χ3n) is 5.69. The van der Waals surface area contributed by atoms with E-state index in [4.69, 9.17) is 23.2 Å². The molecule has 2 rings (SSSR count). The van der Waals surface area contributed by atoms with Crippen LogP contribution in [0.3, 0.4) is 0 Å². The largest absolute Gasteiger partial charge is 0.392 e. The molecule has 2 N–H and O–H groups in total. The number of aliphatic hydroxyl groups is 1. The Bertz CT molecular complexity index is 1060. The normalized spacial score (nSPS) is 16.9. The Labute approximate surface area is 219 Å². The van der Waals surface area contributed by atoms with Gasteiger partial charge in [0.25, 0.3) is 0 Å². The lowest BCUT2D eigenvalue weighted by Gasteiger charge is -2.32. The van der Waals surface area contributed by atoms with Gasteiger partial charge in [-0.25, -0.2) is 8.42 Å². The van der Waals surface area contributed by atoms with E-state index in [0.717, 1.165) is 37.1 Å². The van der Waals surface area contributed by atoms with Crippen molar-refractivity contribution in [1.29, 1.82) is 0 Å². The lowest BCUT2D eigenvalue weighted by molar-refractivity contribution is -0.130. The summed E-state index contributed by atoms with van der Waals surface area (Å²) < 4.78 is 26.4. The molecule has 7 nitrogen and oxygen atoms in total. The molecule has 1 unspecified atom stereocenters. The number of carbonyl (C=O) groups is 1. The zero-order valence-electron chi connectivity index (χ0n) is 20.5. The maximum atomic E-state index is 13.1. The molecule has 1 aliphatic rings. The zero-order valence-corrected chi connectivity index (χ0v) is 22.8. The molecule has 0 aliphatic carbocycles. The summed E-state index contributed by atoms with van der Waals surface area (Å²) in [5.74, 6) is -0.446. The van der Waals surface area contributed by atoms with Crippen LogP contribution >= 0.6 is 23.2 Å². The van der Waals surface area contributed by atoms with Crippen LogP contribution in [0.4, 0.5) is 0 Å². The second kappa shape index (κ2) is 13.5. The predicted molar refractivity (Wildman–Crippen MR) is 143 cm³/mol. The maximum Gasteiger partial charge on any atom is 0.235 e. The molecule has 1 aliphatic heterocycles. The number of nitrogens with one attached hydrogen (secondary N) is 1. The number of amides is 1. The first kappa shape index (κ1) is 29.4. The first-order valence-electron chi connectivity index (χ1n) is 11.5. The Balaban J connectivity index is 2.12. The summed E-state index contributed by atoms with van der Waals surface area (Å²) in [6.45, 7) is 9.86. The van der Waals surface area contributed by atoms with Gasteiger partial charge >= 0.3 is 0 Å². The van der Waals surface area contributed by atoms with E-state index in [1.165, 1.54) is 6.92 Å². The molecule has 10 heteroatoms. The number of allylic oxidation sites excluding steroid dienone is 3. The van der Waals surface area contributed by atoms with E-state index in [0.29, 0.717) is 22.3 Å². The third kappa shape index (κ3) is 9.97. The molecular weight excluding hydrogens is 509 g/mol. The highest BCUT2D eigenvalue weighted by Gasteiger charge is 2.25. The van der Waals surface area contributed by atoms with Crippen LogP contribution in [0.15, 0.2) is 54.3 Å². The highest BCUT2D eigenvalue weighted by atomic mass is 35.5. The van der Waals surface area contributed by atoms with E-state index >= 15 is 0 Å². The van der Waals surface area contributed by atoms with E-state index in [2.05, 4.69) is 16.2 Å². The number of hydrogen-bond donors (Lipinski definition) is 2. The van der Waals surface area contributed by atoms with Gasteiger partial charge in [-0.05, 0) is 69.1 Å². The van der Waals surface area contributed by atoms with Crippen molar-refractivity contribution in [3.05, 3.63) is 69.9 Å². The second-order valence-corrected chi connectivity index (χ2v) is 11.6. The van der Waals surface area contributed by atoms with Gasteiger partial charge in [-0.1, -0.05) is 48.0 Å². The lowest BCUT2D eigenvalue weighted by Crippen LogP contribution is -2.45. The molecule has 35 heavy (non-hydrogen) atoms. The number of likely N-dealkylation sites (tertiary alicyclic amines) is 1. The van der Waals surface area contributed by atoms with E-state index in [-0.39, 0.29) is 24.1 Å². The van der Waals surface area contributed by atoms with Crippen molar-refractivity contribution in [3.8, 4) is 0 Å². The molecule has 0 bridgehead atoms. The molecule has 1 aromatic carbocycles. The van der Waals surface area contributed by atoms with Crippen molar-refractivity contribution in [1.82, 2.24) is 14.5 Å². The monoisotopic (exact) mass is 543 g/mol. The number of rotatable bonds is 12. The number of sulfonamides is 1. The minimum atomic E-state index is -3.62. The summed E-state index contributed by atoms with van der Waals surface area (Å²) in [4.78, 5) is 17.1. The molecule has 1 amide bonds. The van der Waals surface area contributed by atoms with Crippen molar-refractivity contribution in [2.75, 3.05) is 32.4 Å². The molecule has 1 saturated heterocycles. The number of carbonyl (C=O) groups excluding carboxylic acids is 1. The van der Waals surface area contributed by atoms with E-state index in [1.54, 1.807) is 55.3 Å². The molecular formula is C25H35Cl2N3O4S. The fourth-order valence-electron chi connectivity index (χ4n) is 3.89. The van der Waals surface area contributed by atoms with Gasteiger partial charge in [0.05, 0.1) is 34.4 Å². The molecule has 1 fully saturated rings. The number of nitrogens with zero attached hydrogens (tertiary/aromatic N) is 2. The van der Waals surface area contributed by atoms with Crippen LogP contribution in [-0.2, 0) is 21.2 Å². The van der Waals surface area contributed by atoms with Gasteiger partial charge in [-0.3, -0.25) is 9.52 Å². The van der Waals surface area contributed by atoms with Crippen molar-refractivity contribution in [3.63, 3.8) is 0 Å². The Morgan fingerprint density at radius 2 is 1.94 bits per heavy atom. The van der Waals surface area contributed by atoms with Crippen molar-refractivity contribution < 1.29 is 18.3 Å². The van der Waals surface area contributed by atoms with Crippen molar-refractivity contribution >= 4 is 39.1 Å². The summed E-state index contributed by atoms with van der Waals surface area (Å²) in [5.41, 5.74) is 1.92. The molecule has 0 aromatic heterocycles. The Morgan fingerprint density at radius 3 is 2.54 bits per heavy atom. The smallest absolute Gasteiger partial charge is 0.235 e. The van der Waals surface area contributed by atoms with Crippen LogP contribution in [0.1, 0.15) is 32.3 Å². The number of aliphatic hydroxyl groups excluding tert-OH is 1. The maximum absolute atomic E-state index is 13.1. The highest BCUT2D eigenvalue weighted by Crippen LogP contribution is 2.23.